The predicted octanol–water partition coefficient (Wildman–Crippen LogP) is 1.85. The Balaban J connectivity index is 1.29. The van der Waals surface area contributed by atoms with Crippen LogP contribution in [0.2, 0.25) is 0 Å². The molecule has 2 amide bonds. The van der Waals surface area contributed by atoms with E-state index in [0.717, 1.165) is 58.5 Å². The molecule has 1 atom stereocenters. The summed E-state index contributed by atoms with van der Waals surface area (Å²) in [6, 6.07) is 0. The summed E-state index contributed by atoms with van der Waals surface area (Å²) in [7, 11) is 0. The topological polar surface area (TPSA) is 139 Å². The maximum Gasteiger partial charge on any atom is 0.414 e. The SMILES string of the molecule is CC(C)(C)OC(=O)NC(=N)N1CCC(CCN2CC(CN3CCN(CCCC(=O)O)CC3)OC2=O)CC1. The van der Waals surface area contributed by atoms with Crippen LogP contribution in [0.25, 0.3) is 0 Å². The molecule has 12 heteroatoms. The van der Waals surface area contributed by atoms with E-state index in [1.165, 1.54) is 0 Å². The number of nitrogens with zero attached hydrogens (tertiary/aromatic N) is 4. The molecule has 37 heavy (non-hydrogen) atoms. The van der Waals surface area contributed by atoms with E-state index < -0.39 is 17.7 Å². The Hall–Kier alpha value is -2.60. The van der Waals surface area contributed by atoms with E-state index in [2.05, 4.69) is 15.1 Å². The van der Waals surface area contributed by atoms with Gasteiger partial charge in [0.25, 0.3) is 0 Å². The molecule has 3 aliphatic heterocycles. The number of aliphatic carboxylic acids is 1. The molecule has 0 radical (unpaired) electrons. The fraction of sp³-hybridized carbons (Fsp3) is 0.840. The Labute approximate surface area is 219 Å². The van der Waals surface area contributed by atoms with Crippen molar-refractivity contribution in [2.24, 2.45) is 5.92 Å². The van der Waals surface area contributed by atoms with Gasteiger partial charge in [-0.15, -0.1) is 0 Å². The maximum atomic E-state index is 12.4. The number of piperidine rings is 1. The van der Waals surface area contributed by atoms with Crippen LogP contribution in [-0.2, 0) is 14.3 Å². The standard InChI is InChI=1S/C25H44N6O6/c1-25(2,3)37-23(34)27-22(26)30-10-6-19(7-11-30)8-12-31-18-20(36-24(31)35)17-29-15-13-28(14-16-29)9-4-5-21(32)33/h19-20H,4-18H2,1-3H3,(H,32,33)(H2,26,27,34). The molecule has 12 nitrogen and oxygen atoms in total. The third-order valence-corrected chi connectivity index (χ3v) is 7.10. The molecule has 0 aromatic carbocycles. The number of hydrogen-bond donors (Lipinski definition) is 3. The molecule has 3 heterocycles. The number of amides is 2. The van der Waals surface area contributed by atoms with Crippen molar-refractivity contribution in [3.63, 3.8) is 0 Å². The van der Waals surface area contributed by atoms with Gasteiger partial charge in [-0.1, -0.05) is 0 Å². The molecule has 3 fully saturated rings. The lowest BCUT2D eigenvalue weighted by atomic mass is 9.93. The summed E-state index contributed by atoms with van der Waals surface area (Å²) in [6.07, 6.45) is 2.63. The van der Waals surface area contributed by atoms with Crippen LogP contribution in [0.4, 0.5) is 9.59 Å². The lowest BCUT2D eigenvalue weighted by Crippen LogP contribution is -2.49. The summed E-state index contributed by atoms with van der Waals surface area (Å²) in [5, 5.41) is 19.4. The van der Waals surface area contributed by atoms with Gasteiger partial charge in [-0.3, -0.25) is 20.4 Å². The second-order valence-electron chi connectivity index (χ2n) is 11.3. The van der Waals surface area contributed by atoms with Crippen molar-refractivity contribution in [1.29, 1.82) is 5.41 Å². The smallest absolute Gasteiger partial charge is 0.414 e. The lowest BCUT2D eigenvalue weighted by Gasteiger charge is -2.35. The number of hydrogen-bond acceptors (Lipinski definition) is 8. The number of carboxylic acid groups (broad SMARTS) is 1. The number of rotatable bonds is 9. The van der Waals surface area contributed by atoms with Gasteiger partial charge in [0.2, 0.25) is 5.96 Å². The quantitative estimate of drug-likeness (QED) is 0.305. The number of cyclic esters (lactones) is 1. The maximum absolute atomic E-state index is 12.4. The summed E-state index contributed by atoms with van der Waals surface area (Å²) in [5.74, 6) is -0.212. The fourth-order valence-electron chi connectivity index (χ4n) is 5.05. The molecular weight excluding hydrogens is 480 g/mol. The van der Waals surface area contributed by atoms with Crippen molar-refractivity contribution in [3.8, 4) is 0 Å². The number of carbonyl (C=O) groups excluding carboxylic acids is 2. The van der Waals surface area contributed by atoms with E-state index in [1.807, 2.05) is 9.80 Å². The number of carboxylic acids is 1. The zero-order chi connectivity index (χ0) is 27.0. The second-order valence-corrected chi connectivity index (χ2v) is 11.3. The number of carbonyl (C=O) groups is 3. The van der Waals surface area contributed by atoms with E-state index in [0.29, 0.717) is 38.5 Å². The van der Waals surface area contributed by atoms with Crippen LogP contribution < -0.4 is 5.32 Å². The van der Waals surface area contributed by atoms with Crippen molar-refractivity contribution in [2.45, 2.75) is 64.6 Å². The second kappa shape index (κ2) is 13.3. The molecule has 3 saturated heterocycles. The number of ether oxygens (including phenoxy) is 2. The first-order valence-electron chi connectivity index (χ1n) is 13.4. The summed E-state index contributed by atoms with van der Waals surface area (Å²) in [5.41, 5.74) is -0.605. The zero-order valence-electron chi connectivity index (χ0n) is 22.5. The average Bonchev–Trinajstić information content (AvgIpc) is 3.16. The molecule has 1 unspecified atom stereocenters. The van der Waals surface area contributed by atoms with Gasteiger partial charge < -0.3 is 29.3 Å². The molecule has 0 aromatic heterocycles. The highest BCUT2D eigenvalue weighted by atomic mass is 16.6. The highest BCUT2D eigenvalue weighted by Crippen LogP contribution is 2.23. The molecular formula is C25H44N6O6. The van der Waals surface area contributed by atoms with Crippen molar-refractivity contribution < 1.29 is 29.0 Å². The number of alkyl carbamates (subject to hydrolysis) is 1. The van der Waals surface area contributed by atoms with E-state index in [-0.39, 0.29) is 24.6 Å². The van der Waals surface area contributed by atoms with Crippen molar-refractivity contribution >= 4 is 24.1 Å². The number of piperazine rings is 1. The third-order valence-electron chi connectivity index (χ3n) is 7.10. The van der Waals surface area contributed by atoms with Crippen LogP contribution in [0.5, 0.6) is 0 Å². The minimum atomic E-state index is -0.746. The first-order chi connectivity index (χ1) is 17.5. The van der Waals surface area contributed by atoms with Gasteiger partial charge in [0.05, 0.1) is 6.54 Å². The molecule has 210 valence electrons. The first kappa shape index (κ1) is 29.0. The third kappa shape index (κ3) is 9.99. The van der Waals surface area contributed by atoms with Crippen molar-refractivity contribution in [1.82, 2.24) is 24.9 Å². The van der Waals surface area contributed by atoms with Crippen molar-refractivity contribution in [2.75, 3.05) is 65.4 Å². The van der Waals surface area contributed by atoms with Crippen LogP contribution in [0.1, 0.15) is 52.9 Å². The number of likely N-dealkylation sites (tertiary alicyclic amines) is 1. The Morgan fingerprint density at radius 2 is 1.73 bits per heavy atom. The van der Waals surface area contributed by atoms with Crippen LogP contribution in [0.15, 0.2) is 0 Å². The minimum absolute atomic E-state index is 0.0692. The summed E-state index contributed by atoms with van der Waals surface area (Å²) >= 11 is 0. The molecule has 3 aliphatic rings. The van der Waals surface area contributed by atoms with Crippen LogP contribution in [0, 0.1) is 11.3 Å². The Morgan fingerprint density at radius 1 is 1.08 bits per heavy atom. The Bertz CT molecular complexity index is 802. The lowest BCUT2D eigenvalue weighted by molar-refractivity contribution is -0.137. The molecule has 3 N–H and O–H groups in total. The van der Waals surface area contributed by atoms with E-state index in [9.17, 15) is 14.4 Å². The summed E-state index contributed by atoms with van der Waals surface area (Å²) < 4.78 is 10.9. The highest BCUT2D eigenvalue weighted by Gasteiger charge is 2.33. The monoisotopic (exact) mass is 524 g/mol. The Morgan fingerprint density at radius 3 is 2.35 bits per heavy atom. The summed E-state index contributed by atoms with van der Waals surface area (Å²) in [6.45, 7) is 13.2. The van der Waals surface area contributed by atoms with Gasteiger partial charge in [0.15, 0.2) is 0 Å². The van der Waals surface area contributed by atoms with E-state index >= 15 is 0 Å². The van der Waals surface area contributed by atoms with Gasteiger partial charge in [-0.05, 0) is 58.9 Å². The average molecular weight is 525 g/mol. The van der Waals surface area contributed by atoms with Crippen LogP contribution in [-0.4, -0.2) is 126 Å². The highest BCUT2D eigenvalue weighted by molar-refractivity contribution is 5.92. The summed E-state index contributed by atoms with van der Waals surface area (Å²) in [4.78, 5) is 43.3. The number of nitrogens with one attached hydrogen (secondary N) is 2. The van der Waals surface area contributed by atoms with Crippen LogP contribution in [0.3, 0.4) is 0 Å². The van der Waals surface area contributed by atoms with Crippen molar-refractivity contribution in [3.05, 3.63) is 0 Å². The zero-order valence-corrected chi connectivity index (χ0v) is 22.5. The molecule has 0 bridgehead atoms. The van der Waals surface area contributed by atoms with Gasteiger partial charge in [-0.25, -0.2) is 9.59 Å². The van der Waals surface area contributed by atoms with E-state index in [4.69, 9.17) is 20.0 Å². The Kier molecular flexibility index (Phi) is 10.4. The van der Waals surface area contributed by atoms with Gasteiger partial charge >= 0.3 is 18.2 Å². The molecule has 0 aromatic rings. The molecule has 3 rings (SSSR count). The van der Waals surface area contributed by atoms with Gasteiger partial charge in [0, 0.05) is 58.8 Å². The molecule has 0 spiro atoms. The number of guanidine groups is 1. The van der Waals surface area contributed by atoms with Gasteiger partial charge in [-0.2, -0.15) is 0 Å². The predicted molar refractivity (Wildman–Crippen MR) is 138 cm³/mol. The minimum Gasteiger partial charge on any atom is -0.481 e. The molecule has 0 saturated carbocycles. The first-order valence-corrected chi connectivity index (χ1v) is 13.4. The fourth-order valence-corrected chi connectivity index (χ4v) is 5.05. The van der Waals surface area contributed by atoms with E-state index in [1.54, 1.807) is 20.8 Å². The van der Waals surface area contributed by atoms with Crippen LogP contribution >= 0.6 is 0 Å². The normalized spacial score (nSPS) is 22.1. The van der Waals surface area contributed by atoms with Gasteiger partial charge in [0.1, 0.15) is 11.7 Å². The molecule has 0 aliphatic carbocycles. The largest absolute Gasteiger partial charge is 0.481 e.